The van der Waals surface area contributed by atoms with Crippen LogP contribution >= 0.6 is 0 Å². The predicted octanol–water partition coefficient (Wildman–Crippen LogP) is 9.25. The Kier molecular flexibility index (Phi) is 31.1. The van der Waals surface area contributed by atoms with Crippen molar-refractivity contribution in [3.8, 4) is 0 Å². The number of aliphatic hydroxyl groups is 2. The Morgan fingerprint density at radius 3 is 1.91 bits per heavy atom. The van der Waals surface area contributed by atoms with Crippen molar-refractivity contribution in [1.82, 2.24) is 0 Å². The molecule has 0 saturated carbocycles. The fourth-order valence-electron chi connectivity index (χ4n) is 4.51. The highest BCUT2D eigenvalue weighted by molar-refractivity contribution is 5.70. The second kappa shape index (κ2) is 32.7. The summed E-state index contributed by atoms with van der Waals surface area (Å²) in [7, 11) is 0. The molecule has 0 aromatic heterocycles. The Balaban J connectivity index is 3.82. The van der Waals surface area contributed by atoms with Crippen molar-refractivity contribution in [2.75, 3.05) is 13.2 Å². The van der Waals surface area contributed by atoms with E-state index in [0.29, 0.717) is 25.7 Å². The Hall–Kier alpha value is -2.18. The minimum absolute atomic E-state index is 0.114. The molecule has 0 aliphatic rings. The largest absolute Gasteiger partial charge is 0.462 e. The first-order valence-corrected chi connectivity index (χ1v) is 17.3. The van der Waals surface area contributed by atoms with Gasteiger partial charge in [-0.05, 0) is 44.9 Å². The molecule has 0 aliphatic carbocycles. The first-order chi connectivity index (χ1) is 21.0. The van der Waals surface area contributed by atoms with Gasteiger partial charge in [0.25, 0.3) is 0 Å². The fraction of sp³-hybridized carbons (Fsp3) is 0.730. The summed E-state index contributed by atoms with van der Waals surface area (Å²) in [5.41, 5.74) is 0. The summed E-state index contributed by atoms with van der Waals surface area (Å²) in [6, 6.07) is 0. The number of unbranched alkanes of at least 4 members (excludes halogenated alkanes) is 14. The van der Waals surface area contributed by atoms with Gasteiger partial charge in [-0.15, -0.1) is 0 Å². The third kappa shape index (κ3) is 31.1. The van der Waals surface area contributed by atoms with E-state index in [4.69, 9.17) is 9.47 Å². The molecule has 0 aromatic carbocycles. The maximum Gasteiger partial charge on any atom is 0.306 e. The zero-order chi connectivity index (χ0) is 31.6. The molecule has 248 valence electrons. The number of ether oxygens (including phenoxy) is 2. The van der Waals surface area contributed by atoms with Gasteiger partial charge in [-0.25, -0.2) is 0 Å². The van der Waals surface area contributed by atoms with E-state index in [-0.39, 0.29) is 25.6 Å². The van der Waals surface area contributed by atoms with Crippen molar-refractivity contribution < 1.29 is 29.3 Å². The number of allylic oxidation sites excluding steroid dienone is 6. The average molecular weight is 605 g/mol. The van der Waals surface area contributed by atoms with Crippen molar-refractivity contribution >= 4 is 11.9 Å². The highest BCUT2D eigenvalue weighted by atomic mass is 16.6. The molecular weight excluding hydrogens is 540 g/mol. The van der Waals surface area contributed by atoms with Gasteiger partial charge in [0.1, 0.15) is 6.61 Å². The van der Waals surface area contributed by atoms with E-state index in [1.807, 2.05) is 24.3 Å². The SMILES string of the molecule is CCCCC/C=C\C/C=C\CC(O)/C=C\C=C\CCCC(=O)O[C@@H](CO)COC(=O)CCCCCCCCCCCCC. The van der Waals surface area contributed by atoms with Gasteiger partial charge in [-0.3, -0.25) is 9.59 Å². The second-order valence-electron chi connectivity index (χ2n) is 11.4. The van der Waals surface area contributed by atoms with Crippen LogP contribution in [0.1, 0.15) is 149 Å². The van der Waals surface area contributed by atoms with Crippen LogP contribution in [0, 0.1) is 0 Å². The maximum atomic E-state index is 12.1. The molecule has 0 fully saturated rings. The van der Waals surface area contributed by atoms with Crippen LogP contribution in [0.2, 0.25) is 0 Å². The number of hydrogen-bond acceptors (Lipinski definition) is 6. The van der Waals surface area contributed by atoms with Crippen LogP contribution in [0.25, 0.3) is 0 Å². The standard InChI is InChI=1S/C37H64O6/c1-3-5-7-9-11-13-14-16-18-22-26-30-36(40)42-33-35(32-38)43-37(41)31-27-23-19-21-25-29-34(39)28-24-20-17-15-12-10-8-6-4-2/h12,15,19-21,24-25,29,34-35,38-39H,3-11,13-14,16-18,22-23,26-28,30-33H2,1-2H3/b15-12-,21-19+,24-20-,29-25-/t34?,35-/m0/s1. The number of esters is 2. The number of carbonyl (C=O) groups is 2. The lowest BCUT2D eigenvalue weighted by molar-refractivity contribution is -0.161. The zero-order valence-electron chi connectivity index (χ0n) is 27.6. The zero-order valence-corrected chi connectivity index (χ0v) is 27.6. The summed E-state index contributed by atoms with van der Waals surface area (Å²) in [6.45, 7) is 3.95. The van der Waals surface area contributed by atoms with E-state index < -0.39 is 18.2 Å². The van der Waals surface area contributed by atoms with Gasteiger partial charge in [0, 0.05) is 12.8 Å². The summed E-state index contributed by atoms with van der Waals surface area (Å²) in [5, 5.41) is 19.5. The van der Waals surface area contributed by atoms with E-state index in [1.54, 1.807) is 6.08 Å². The number of hydrogen-bond donors (Lipinski definition) is 2. The molecule has 0 saturated heterocycles. The molecule has 0 radical (unpaired) electrons. The van der Waals surface area contributed by atoms with Crippen LogP contribution in [0.3, 0.4) is 0 Å². The Bertz CT molecular complexity index is 754. The molecule has 0 rings (SSSR count). The maximum absolute atomic E-state index is 12.1. The first kappa shape index (κ1) is 40.8. The molecule has 0 bridgehead atoms. The van der Waals surface area contributed by atoms with Gasteiger partial charge in [-0.1, -0.05) is 140 Å². The molecule has 6 nitrogen and oxygen atoms in total. The molecule has 2 N–H and O–H groups in total. The molecule has 43 heavy (non-hydrogen) atoms. The fourth-order valence-corrected chi connectivity index (χ4v) is 4.51. The van der Waals surface area contributed by atoms with Gasteiger partial charge in [-0.2, -0.15) is 0 Å². The summed E-state index contributed by atoms with van der Waals surface area (Å²) in [5.74, 6) is -0.725. The van der Waals surface area contributed by atoms with Crippen LogP contribution in [0.4, 0.5) is 0 Å². The minimum atomic E-state index is -0.829. The van der Waals surface area contributed by atoms with Crippen LogP contribution in [0.15, 0.2) is 48.6 Å². The molecule has 1 unspecified atom stereocenters. The first-order valence-electron chi connectivity index (χ1n) is 17.3. The normalized spacial score (nSPS) is 13.5. The second-order valence-corrected chi connectivity index (χ2v) is 11.4. The van der Waals surface area contributed by atoms with Crippen molar-refractivity contribution in [1.29, 1.82) is 0 Å². The van der Waals surface area contributed by atoms with Crippen molar-refractivity contribution in [2.45, 2.75) is 161 Å². The lowest BCUT2D eigenvalue weighted by Crippen LogP contribution is -2.28. The molecule has 0 heterocycles. The summed E-state index contributed by atoms with van der Waals surface area (Å²) in [6.07, 6.45) is 36.2. The van der Waals surface area contributed by atoms with Gasteiger partial charge in [0.15, 0.2) is 6.10 Å². The third-order valence-electron chi connectivity index (χ3n) is 7.21. The van der Waals surface area contributed by atoms with Crippen LogP contribution in [0.5, 0.6) is 0 Å². The quantitative estimate of drug-likeness (QED) is 0.0367. The summed E-state index contributed by atoms with van der Waals surface area (Å²) >= 11 is 0. The van der Waals surface area contributed by atoms with Crippen LogP contribution in [-0.4, -0.2) is 47.6 Å². The molecule has 6 heteroatoms. The third-order valence-corrected chi connectivity index (χ3v) is 7.21. The molecule has 2 atom stereocenters. The molecule has 0 spiro atoms. The van der Waals surface area contributed by atoms with E-state index in [0.717, 1.165) is 32.1 Å². The smallest absolute Gasteiger partial charge is 0.306 e. The Morgan fingerprint density at radius 1 is 0.651 bits per heavy atom. The van der Waals surface area contributed by atoms with Crippen molar-refractivity contribution in [3.05, 3.63) is 48.6 Å². The Labute approximate surface area is 263 Å². The molecule has 0 aromatic rings. The van der Waals surface area contributed by atoms with Gasteiger partial charge in [0.05, 0.1) is 12.7 Å². The topological polar surface area (TPSA) is 93.1 Å². The average Bonchev–Trinajstić information content (AvgIpc) is 3.00. The highest BCUT2D eigenvalue weighted by Crippen LogP contribution is 2.12. The van der Waals surface area contributed by atoms with Crippen LogP contribution in [-0.2, 0) is 19.1 Å². The van der Waals surface area contributed by atoms with Gasteiger partial charge < -0.3 is 19.7 Å². The van der Waals surface area contributed by atoms with E-state index >= 15 is 0 Å². The van der Waals surface area contributed by atoms with Gasteiger partial charge in [0.2, 0.25) is 0 Å². The predicted molar refractivity (Wildman–Crippen MR) is 179 cm³/mol. The molecule has 0 aliphatic heterocycles. The number of carbonyl (C=O) groups excluding carboxylic acids is 2. The lowest BCUT2D eigenvalue weighted by Gasteiger charge is -2.15. The molecular formula is C37H64O6. The number of rotatable bonds is 30. The van der Waals surface area contributed by atoms with Crippen molar-refractivity contribution in [2.24, 2.45) is 0 Å². The summed E-state index contributed by atoms with van der Waals surface area (Å²) < 4.78 is 10.5. The monoisotopic (exact) mass is 604 g/mol. The van der Waals surface area contributed by atoms with Crippen LogP contribution < -0.4 is 0 Å². The number of aliphatic hydroxyl groups excluding tert-OH is 2. The van der Waals surface area contributed by atoms with Gasteiger partial charge >= 0.3 is 11.9 Å². The van der Waals surface area contributed by atoms with Crippen molar-refractivity contribution in [3.63, 3.8) is 0 Å². The summed E-state index contributed by atoms with van der Waals surface area (Å²) in [4.78, 5) is 24.1. The van der Waals surface area contributed by atoms with E-state index in [9.17, 15) is 19.8 Å². The Morgan fingerprint density at radius 2 is 1.23 bits per heavy atom. The van der Waals surface area contributed by atoms with E-state index in [1.165, 1.54) is 70.6 Å². The molecule has 0 amide bonds. The minimum Gasteiger partial charge on any atom is -0.462 e. The highest BCUT2D eigenvalue weighted by Gasteiger charge is 2.15. The lowest BCUT2D eigenvalue weighted by atomic mass is 10.1. The van der Waals surface area contributed by atoms with E-state index in [2.05, 4.69) is 32.1 Å².